The summed E-state index contributed by atoms with van der Waals surface area (Å²) in [6.07, 6.45) is -0.887. The zero-order chi connectivity index (χ0) is 20.0. The molecule has 0 N–H and O–H groups in total. The van der Waals surface area contributed by atoms with Gasteiger partial charge in [-0.1, -0.05) is 0 Å². The van der Waals surface area contributed by atoms with Gasteiger partial charge in [0, 0.05) is 12.1 Å². The number of methoxy groups -OCH3 is 1. The first-order chi connectivity index (χ1) is 12.1. The first-order valence-electron chi connectivity index (χ1n) is 8.96. The Balaban J connectivity index is 2.91. The number of benzene rings is 1. The van der Waals surface area contributed by atoms with Crippen LogP contribution in [0, 0.1) is 0 Å². The first kappa shape index (κ1) is 21.8. The Kier molecular flexibility index (Phi) is 7.93. The summed E-state index contributed by atoms with van der Waals surface area (Å²) in [4.78, 5) is 26.7. The predicted octanol–water partition coefficient (Wildman–Crippen LogP) is 3.67. The Hall–Kier alpha value is -2.24. The molecule has 1 aromatic rings. The van der Waals surface area contributed by atoms with Gasteiger partial charge in [0.2, 0.25) is 0 Å². The van der Waals surface area contributed by atoms with Crippen molar-refractivity contribution in [1.29, 1.82) is 0 Å². The molecule has 26 heavy (non-hydrogen) atoms. The van der Waals surface area contributed by atoms with Crippen LogP contribution in [0.4, 0.5) is 0 Å². The van der Waals surface area contributed by atoms with Crippen molar-refractivity contribution in [3.63, 3.8) is 0 Å². The average molecular weight is 365 g/mol. The van der Waals surface area contributed by atoms with Crippen molar-refractivity contribution in [2.45, 2.75) is 72.8 Å². The molecule has 1 atom stereocenters. The lowest BCUT2D eigenvalue weighted by atomic mass is 10.2. The Morgan fingerprint density at radius 1 is 0.923 bits per heavy atom. The lowest BCUT2D eigenvalue weighted by molar-refractivity contribution is -0.143. The molecule has 0 saturated carbocycles. The van der Waals surface area contributed by atoms with Crippen molar-refractivity contribution < 1.29 is 23.8 Å². The summed E-state index contributed by atoms with van der Waals surface area (Å²) in [5, 5.41) is 0. The van der Waals surface area contributed by atoms with Crippen LogP contribution in [0.5, 0.6) is 11.5 Å². The highest BCUT2D eigenvalue weighted by Gasteiger charge is 2.28. The molecule has 6 heteroatoms. The molecule has 0 heterocycles. The third-order valence-electron chi connectivity index (χ3n) is 3.76. The largest absolute Gasteiger partial charge is 0.493 e. The molecule has 0 bridgehead atoms. The maximum Gasteiger partial charge on any atom is 0.339 e. The Labute approximate surface area is 156 Å². The lowest BCUT2D eigenvalue weighted by Gasteiger charge is -2.32. The Morgan fingerprint density at radius 3 is 1.96 bits per heavy atom. The van der Waals surface area contributed by atoms with Gasteiger partial charge in [-0.05, 0) is 66.7 Å². The van der Waals surface area contributed by atoms with Crippen LogP contribution in [-0.2, 0) is 9.53 Å². The second-order valence-corrected chi connectivity index (χ2v) is 7.01. The molecule has 1 amide bonds. The number of nitrogens with zero attached hydrogens (tertiary/aromatic N) is 1. The maximum atomic E-state index is 12.6. The van der Waals surface area contributed by atoms with Crippen LogP contribution >= 0.6 is 0 Å². The van der Waals surface area contributed by atoms with Crippen molar-refractivity contribution in [1.82, 2.24) is 4.90 Å². The van der Waals surface area contributed by atoms with Crippen LogP contribution in [0.3, 0.4) is 0 Å². The number of esters is 1. The minimum atomic E-state index is -0.870. The normalized spacial score (nSPS) is 12.3. The molecule has 0 saturated heterocycles. The second kappa shape index (κ2) is 9.46. The van der Waals surface area contributed by atoms with Gasteiger partial charge in [-0.2, -0.15) is 0 Å². The smallest absolute Gasteiger partial charge is 0.339 e. The van der Waals surface area contributed by atoms with Crippen molar-refractivity contribution in [2.75, 3.05) is 7.11 Å². The lowest BCUT2D eigenvalue weighted by Crippen LogP contribution is -2.47. The molecule has 1 aromatic carbocycles. The minimum Gasteiger partial charge on any atom is -0.493 e. The molecule has 1 rings (SSSR count). The number of hydrogen-bond acceptors (Lipinski definition) is 5. The van der Waals surface area contributed by atoms with Crippen LogP contribution in [0.25, 0.3) is 0 Å². The van der Waals surface area contributed by atoms with E-state index in [1.165, 1.54) is 7.11 Å². The van der Waals surface area contributed by atoms with Crippen LogP contribution in [-0.4, -0.2) is 48.2 Å². The predicted molar refractivity (Wildman–Crippen MR) is 101 cm³/mol. The van der Waals surface area contributed by atoms with E-state index in [9.17, 15) is 9.59 Å². The fourth-order valence-corrected chi connectivity index (χ4v) is 2.74. The Morgan fingerprint density at radius 2 is 1.50 bits per heavy atom. The third-order valence-corrected chi connectivity index (χ3v) is 3.76. The molecule has 0 spiro atoms. The van der Waals surface area contributed by atoms with Crippen LogP contribution in [0.2, 0.25) is 0 Å². The summed E-state index contributed by atoms with van der Waals surface area (Å²) in [6.45, 7) is 13.1. The number of amides is 1. The zero-order valence-corrected chi connectivity index (χ0v) is 17.0. The summed E-state index contributed by atoms with van der Waals surface area (Å²) in [5.41, 5.74) is 0.304. The third kappa shape index (κ3) is 5.64. The highest BCUT2D eigenvalue weighted by atomic mass is 16.5. The average Bonchev–Trinajstić information content (AvgIpc) is 2.53. The molecule has 0 fully saturated rings. The molecule has 0 aliphatic carbocycles. The molecule has 0 aromatic heterocycles. The van der Waals surface area contributed by atoms with Crippen molar-refractivity contribution >= 4 is 11.9 Å². The van der Waals surface area contributed by atoms with Gasteiger partial charge in [-0.25, -0.2) is 4.79 Å². The number of carbonyl (C=O) groups excluding carboxylic acids is 2. The van der Waals surface area contributed by atoms with E-state index in [-0.39, 0.29) is 24.1 Å². The molecular formula is C20H31NO5. The maximum absolute atomic E-state index is 12.6. The number of hydrogen-bond donors (Lipinski definition) is 0. The quantitative estimate of drug-likeness (QED) is 0.658. The van der Waals surface area contributed by atoms with Crippen LogP contribution in [0.1, 0.15) is 58.8 Å². The standard InChI is InChI=1S/C20H31NO5/c1-12(2)21(13(3)4)19(22)15(7)26-20(23)16-9-10-17(25-14(5)6)18(11-16)24-8/h9-15H,1-8H3. The molecule has 0 aliphatic rings. The van der Waals surface area contributed by atoms with Crippen molar-refractivity contribution in [3.8, 4) is 11.5 Å². The summed E-state index contributed by atoms with van der Waals surface area (Å²) in [5.74, 6) is 0.204. The topological polar surface area (TPSA) is 65.1 Å². The molecule has 1 unspecified atom stereocenters. The SMILES string of the molecule is COc1cc(C(=O)OC(C)C(=O)N(C(C)C)C(C)C)ccc1OC(C)C. The summed E-state index contributed by atoms with van der Waals surface area (Å²) >= 11 is 0. The first-order valence-corrected chi connectivity index (χ1v) is 8.96. The van der Waals surface area contributed by atoms with Gasteiger partial charge >= 0.3 is 5.97 Å². The van der Waals surface area contributed by atoms with Gasteiger partial charge in [-0.15, -0.1) is 0 Å². The highest BCUT2D eigenvalue weighted by Crippen LogP contribution is 2.29. The van der Waals surface area contributed by atoms with E-state index in [4.69, 9.17) is 14.2 Å². The van der Waals surface area contributed by atoms with E-state index in [0.717, 1.165) is 0 Å². The van der Waals surface area contributed by atoms with Gasteiger partial charge in [0.25, 0.3) is 5.91 Å². The van der Waals surface area contributed by atoms with Gasteiger partial charge in [-0.3, -0.25) is 4.79 Å². The summed E-state index contributed by atoms with van der Waals surface area (Å²) in [7, 11) is 1.51. The minimum absolute atomic E-state index is 0.0163. The van der Waals surface area contributed by atoms with Gasteiger partial charge in [0.15, 0.2) is 17.6 Å². The van der Waals surface area contributed by atoms with E-state index in [2.05, 4.69) is 0 Å². The molecular weight excluding hydrogens is 334 g/mol. The highest BCUT2D eigenvalue weighted by molar-refractivity contribution is 5.93. The zero-order valence-electron chi connectivity index (χ0n) is 17.0. The van der Waals surface area contributed by atoms with Gasteiger partial charge in [0.1, 0.15) is 0 Å². The van der Waals surface area contributed by atoms with Crippen molar-refractivity contribution in [2.24, 2.45) is 0 Å². The second-order valence-electron chi connectivity index (χ2n) is 7.01. The van der Waals surface area contributed by atoms with E-state index in [0.29, 0.717) is 17.1 Å². The Bertz CT molecular complexity index is 617. The summed E-state index contributed by atoms with van der Waals surface area (Å²) < 4.78 is 16.3. The van der Waals surface area contributed by atoms with E-state index < -0.39 is 12.1 Å². The summed E-state index contributed by atoms with van der Waals surface area (Å²) in [6, 6.07) is 4.87. The number of rotatable bonds is 8. The van der Waals surface area contributed by atoms with Crippen LogP contribution in [0.15, 0.2) is 18.2 Å². The monoisotopic (exact) mass is 365 g/mol. The van der Waals surface area contributed by atoms with Crippen molar-refractivity contribution in [3.05, 3.63) is 23.8 Å². The van der Waals surface area contributed by atoms with E-state index in [1.54, 1.807) is 30.0 Å². The number of carbonyl (C=O) groups is 2. The van der Waals surface area contributed by atoms with E-state index in [1.807, 2.05) is 41.5 Å². The van der Waals surface area contributed by atoms with E-state index >= 15 is 0 Å². The molecule has 146 valence electrons. The van der Waals surface area contributed by atoms with Crippen LogP contribution < -0.4 is 9.47 Å². The fourth-order valence-electron chi connectivity index (χ4n) is 2.74. The molecule has 0 aliphatic heterocycles. The molecule has 0 radical (unpaired) electrons. The number of ether oxygens (including phenoxy) is 3. The fraction of sp³-hybridized carbons (Fsp3) is 0.600. The van der Waals surface area contributed by atoms with Gasteiger partial charge < -0.3 is 19.1 Å². The van der Waals surface area contributed by atoms with Gasteiger partial charge in [0.05, 0.1) is 18.8 Å². The molecule has 6 nitrogen and oxygen atoms in total.